The number of carbonyl (C=O) groups is 2. The molecule has 0 amide bonds. The lowest BCUT2D eigenvalue weighted by atomic mass is 9.33. The van der Waals surface area contributed by atoms with Gasteiger partial charge in [0.1, 0.15) is 61.0 Å². The van der Waals surface area contributed by atoms with Gasteiger partial charge in [0, 0.05) is 0 Å². The van der Waals surface area contributed by atoms with Gasteiger partial charge in [-0.3, -0.25) is 4.79 Å². The summed E-state index contributed by atoms with van der Waals surface area (Å²) >= 11 is 0. The zero-order chi connectivity index (χ0) is 47.6. The number of carboxylic acid groups (broad SMARTS) is 1. The van der Waals surface area contributed by atoms with Crippen LogP contribution < -0.4 is 0 Å². The van der Waals surface area contributed by atoms with E-state index in [1.807, 2.05) is 0 Å². The first-order valence-corrected chi connectivity index (χ1v) is 23.7. The summed E-state index contributed by atoms with van der Waals surface area (Å²) in [7, 11) is 0. The smallest absolute Gasteiger partial charge is 0.335 e. The van der Waals surface area contributed by atoms with Crippen molar-refractivity contribution in [3.05, 3.63) is 11.6 Å². The SMILES string of the molecule is CC1(C)CC[C@]2(C(=O)O[C@@H]3O[C@@H](CO)[C@H](O)[C@H](O)[C@H]3O)CC[C@]3(C)C(=CC[C@@H]4[C@@]5(C)CC[C@H](O[C@@H]6O[C@H](C(=O)O)[C@@H](O[C@@H]7O[C@H](CO)[C@H](O)[C@H]7O)[C@H](O)[C@H]6O)C(C)(C)[C@@H]5CC[C@]43C)[C@H]2C1. The number of aliphatic hydroxyl groups is 9. The van der Waals surface area contributed by atoms with Crippen LogP contribution in [0.25, 0.3) is 0 Å². The number of fused-ring (bicyclic) bond motifs is 7. The maximum Gasteiger partial charge on any atom is 0.335 e. The zero-order valence-electron chi connectivity index (χ0n) is 38.7. The van der Waals surface area contributed by atoms with Crippen LogP contribution in [0, 0.1) is 50.2 Å². The molecule has 0 radical (unpaired) electrons. The van der Waals surface area contributed by atoms with E-state index in [1.165, 1.54) is 5.57 Å². The third-order valence-electron chi connectivity index (χ3n) is 18.9. The van der Waals surface area contributed by atoms with Crippen molar-refractivity contribution in [3.8, 4) is 0 Å². The Morgan fingerprint density at radius 3 is 1.89 bits per heavy atom. The van der Waals surface area contributed by atoms with Crippen molar-refractivity contribution in [1.82, 2.24) is 0 Å². The molecule has 22 atom stereocenters. The summed E-state index contributed by atoms with van der Waals surface area (Å²) in [4.78, 5) is 27.2. The molecule has 0 aromatic rings. The lowest BCUT2D eigenvalue weighted by molar-refractivity contribution is -0.342. The molecule has 8 rings (SSSR count). The van der Waals surface area contributed by atoms with Crippen molar-refractivity contribution in [1.29, 1.82) is 0 Å². The predicted octanol–water partition coefficient (Wildman–Crippen LogP) is 0.872. The molecule has 0 unspecified atom stereocenters. The Balaban J connectivity index is 1.01. The molecule has 3 aliphatic heterocycles. The third kappa shape index (κ3) is 7.67. The second-order valence-electron chi connectivity index (χ2n) is 23.0. The molecule has 0 aromatic heterocycles. The van der Waals surface area contributed by atoms with Crippen LogP contribution in [0.2, 0.25) is 0 Å². The number of ether oxygens (including phenoxy) is 6. The fourth-order valence-corrected chi connectivity index (χ4v) is 14.8. The Kier molecular flexibility index (Phi) is 13.1. The van der Waals surface area contributed by atoms with Crippen molar-refractivity contribution in [2.75, 3.05) is 13.2 Å². The molecule has 18 heteroatoms. The van der Waals surface area contributed by atoms with Crippen LogP contribution in [0.15, 0.2) is 11.6 Å². The van der Waals surface area contributed by atoms with Crippen LogP contribution in [0.4, 0.5) is 0 Å². The van der Waals surface area contributed by atoms with Gasteiger partial charge in [-0.25, -0.2) is 4.79 Å². The molecule has 18 nitrogen and oxygen atoms in total. The largest absolute Gasteiger partial charge is 0.479 e. The van der Waals surface area contributed by atoms with Gasteiger partial charge in [-0.1, -0.05) is 60.1 Å². The van der Waals surface area contributed by atoms with Gasteiger partial charge < -0.3 is 79.5 Å². The lowest BCUT2D eigenvalue weighted by Gasteiger charge is -2.71. The Morgan fingerprint density at radius 1 is 0.662 bits per heavy atom. The van der Waals surface area contributed by atoms with Gasteiger partial charge >= 0.3 is 11.9 Å². The van der Waals surface area contributed by atoms with Crippen molar-refractivity contribution < 1.29 is 89.1 Å². The molecule has 3 heterocycles. The fourth-order valence-electron chi connectivity index (χ4n) is 14.8. The Hall–Kier alpha value is -1.88. The number of rotatable bonds is 9. The minimum atomic E-state index is -1.84. The summed E-state index contributed by atoms with van der Waals surface area (Å²) in [6, 6.07) is 0. The number of hydrogen-bond acceptors (Lipinski definition) is 17. The summed E-state index contributed by atoms with van der Waals surface area (Å²) in [5.41, 5.74) is -0.800. The first-order chi connectivity index (χ1) is 30.3. The normalized spacial score (nSPS) is 52.5. The second kappa shape index (κ2) is 17.2. The number of hydrogen-bond donors (Lipinski definition) is 10. The maximum absolute atomic E-state index is 14.6. The van der Waals surface area contributed by atoms with Gasteiger partial charge in [0.25, 0.3) is 0 Å². The van der Waals surface area contributed by atoms with Crippen LogP contribution in [0.3, 0.4) is 0 Å². The van der Waals surface area contributed by atoms with Gasteiger partial charge in [-0.2, -0.15) is 0 Å². The molecule has 4 saturated carbocycles. The van der Waals surface area contributed by atoms with Crippen molar-refractivity contribution in [3.63, 3.8) is 0 Å². The quantitative estimate of drug-likeness (QED) is 0.0872. The van der Waals surface area contributed by atoms with Gasteiger partial charge in [0.2, 0.25) is 6.29 Å². The molecule has 0 bridgehead atoms. The summed E-state index contributed by atoms with van der Waals surface area (Å²) < 4.78 is 35.0. The van der Waals surface area contributed by atoms with Crippen LogP contribution in [0.5, 0.6) is 0 Å². The molecule has 0 spiro atoms. The van der Waals surface area contributed by atoms with E-state index in [4.69, 9.17) is 28.4 Å². The van der Waals surface area contributed by atoms with E-state index in [2.05, 4.69) is 54.5 Å². The predicted molar refractivity (Wildman–Crippen MR) is 225 cm³/mol. The van der Waals surface area contributed by atoms with Gasteiger partial charge in [-0.05, 0) is 109 Å². The molecule has 65 heavy (non-hydrogen) atoms. The Bertz CT molecular complexity index is 1820. The number of carboxylic acids is 1. The Morgan fingerprint density at radius 2 is 1.25 bits per heavy atom. The van der Waals surface area contributed by atoms with Crippen LogP contribution in [-0.4, -0.2) is 168 Å². The molecule has 10 N–H and O–H groups in total. The maximum atomic E-state index is 14.6. The first kappa shape index (κ1) is 49.5. The first-order valence-electron chi connectivity index (χ1n) is 23.7. The molecule has 0 aromatic carbocycles. The summed E-state index contributed by atoms with van der Waals surface area (Å²) in [5.74, 6) is -1.77. The average Bonchev–Trinajstić information content (AvgIpc) is 3.52. The molecule has 370 valence electrons. The third-order valence-corrected chi connectivity index (χ3v) is 18.9. The van der Waals surface area contributed by atoms with Crippen LogP contribution in [0.1, 0.15) is 113 Å². The van der Waals surface area contributed by atoms with E-state index in [9.17, 15) is 60.7 Å². The summed E-state index contributed by atoms with van der Waals surface area (Å²) in [6.07, 6.45) is -13.2. The molecule has 8 aliphatic rings. The number of carbonyl (C=O) groups excluding carboxylic acids is 1. The molecular weight excluding hydrogens is 852 g/mol. The highest BCUT2D eigenvalue weighted by molar-refractivity contribution is 5.79. The fraction of sp³-hybridized carbons (Fsp3) is 0.915. The van der Waals surface area contributed by atoms with Gasteiger partial charge in [0.15, 0.2) is 18.7 Å². The van der Waals surface area contributed by atoms with E-state index in [0.29, 0.717) is 19.3 Å². The van der Waals surface area contributed by atoms with Gasteiger partial charge in [-0.15, -0.1) is 0 Å². The highest BCUT2D eigenvalue weighted by Gasteiger charge is 2.70. The second-order valence-corrected chi connectivity index (χ2v) is 23.0. The van der Waals surface area contributed by atoms with E-state index in [1.54, 1.807) is 0 Å². The average molecular weight is 927 g/mol. The van der Waals surface area contributed by atoms with E-state index in [-0.39, 0.29) is 39.4 Å². The zero-order valence-corrected chi connectivity index (χ0v) is 38.7. The standard InChI is InChI=1S/C47H74O18/c1-42(2)14-16-47(41(59)65-39-33(55)30(52)28(50)23(19-48)61-39)17-15-45(6)21(22(47)18-42)8-9-26-44(5)12-11-27(43(3,4)25(44)10-13-46(26,45)7)62-40-34(56)31(53)35(36(64-40)37(57)58)63-38-32(54)29(51)24(20-49)60-38/h8,22-36,38-40,48-56H,9-20H2,1-7H3,(H,57,58)/t22-,23+,24-,25+,26-,27+,28+,29+,30+,31-,32-,33-,34-,35+,36+,38+,39+,40-,44+,45-,46-,47+/m1/s1. The van der Waals surface area contributed by atoms with Crippen molar-refractivity contribution in [2.24, 2.45) is 50.2 Å². The highest BCUT2D eigenvalue weighted by atomic mass is 16.8. The molecule has 5 aliphatic carbocycles. The number of esters is 1. The minimum absolute atomic E-state index is 0.0645. The summed E-state index contributed by atoms with van der Waals surface area (Å²) in [6.45, 7) is 14.6. The number of aliphatic hydroxyl groups excluding tert-OH is 9. The van der Waals surface area contributed by atoms with E-state index in [0.717, 1.165) is 44.9 Å². The molecule has 3 saturated heterocycles. The van der Waals surface area contributed by atoms with Crippen molar-refractivity contribution >= 4 is 11.9 Å². The molecule has 7 fully saturated rings. The van der Waals surface area contributed by atoms with Crippen molar-refractivity contribution in [2.45, 2.75) is 205 Å². The van der Waals surface area contributed by atoms with E-state index >= 15 is 0 Å². The monoisotopic (exact) mass is 926 g/mol. The summed E-state index contributed by atoms with van der Waals surface area (Å²) in [5, 5.41) is 104. The topological polar surface area (TPSA) is 292 Å². The Labute approximate surface area is 380 Å². The minimum Gasteiger partial charge on any atom is -0.479 e. The number of aliphatic carboxylic acids is 1. The molecular formula is C47H74O18. The lowest BCUT2D eigenvalue weighted by Crippen LogP contribution is -2.66. The van der Waals surface area contributed by atoms with Crippen LogP contribution in [-0.2, 0) is 38.0 Å². The van der Waals surface area contributed by atoms with E-state index < -0.39 is 128 Å². The highest BCUT2D eigenvalue weighted by Crippen LogP contribution is 2.76. The van der Waals surface area contributed by atoms with Gasteiger partial charge in [0.05, 0.1) is 24.7 Å². The number of allylic oxidation sites excluding steroid dienone is 2. The van der Waals surface area contributed by atoms with Crippen LogP contribution >= 0.6 is 0 Å².